The molecule has 0 amide bonds. The van der Waals surface area contributed by atoms with Gasteiger partial charge in [-0.1, -0.05) is 12.5 Å². The number of rotatable bonds is 3. The molecule has 0 aromatic carbocycles. The van der Waals surface area contributed by atoms with E-state index in [1.54, 1.807) is 6.07 Å². The molecule has 1 aromatic rings. The number of nitrogens with zero attached hydrogens (tertiary/aromatic N) is 3. The summed E-state index contributed by atoms with van der Waals surface area (Å²) < 4.78 is 0. The van der Waals surface area contributed by atoms with Gasteiger partial charge in [-0.15, -0.1) is 0 Å². The fourth-order valence-electron chi connectivity index (χ4n) is 1.85. The van der Waals surface area contributed by atoms with Crippen molar-refractivity contribution < 1.29 is 0 Å². The van der Waals surface area contributed by atoms with Crippen molar-refractivity contribution in [3.8, 4) is 6.07 Å². The average Bonchev–Trinajstić information content (AvgIpc) is 2.23. The highest BCUT2D eigenvalue weighted by Gasteiger charge is 2.19. The maximum absolute atomic E-state index is 8.75. The number of nitriles is 1. The normalized spacial score (nSPS) is 15.5. The van der Waals surface area contributed by atoms with Crippen LogP contribution in [0.15, 0.2) is 18.2 Å². The van der Waals surface area contributed by atoms with Gasteiger partial charge in [0.25, 0.3) is 0 Å². The molecule has 0 spiro atoms. The molecule has 78 valence electrons. The maximum atomic E-state index is 8.75. The topological polar surface area (TPSA) is 39.9 Å². The minimum Gasteiger partial charge on any atom is -0.359 e. The van der Waals surface area contributed by atoms with Gasteiger partial charge in [0.2, 0.25) is 0 Å². The molecule has 1 saturated carbocycles. The molecule has 1 heterocycles. The average molecular weight is 201 g/mol. The molecule has 3 heteroatoms. The van der Waals surface area contributed by atoms with Gasteiger partial charge >= 0.3 is 0 Å². The number of hydrogen-bond acceptors (Lipinski definition) is 3. The highest BCUT2D eigenvalue weighted by molar-refractivity contribution is 5.40. The van der Waals surface area contributed by atoms with Crippen molar-refractivity contribution in [1.82, 2.24) is 4.98 Å². The largest absolute Gasteiger partial charge is 0.359 e. The Morgan fingerprint density at radius 1 is 1.53 bits per heavy atom. The molecular formula is C12H15N3. The van der Waals surface area contributed by atoms with Crippen molar-refractivity contribution in [3.05, 3.63) is 23.9 Å². The zero-order valence-corrected chi connectivity index (χ0v) is 8.98. The lowest BCUT2D eigenvalue weighted by molar-refractivity contribution is 0.321. The standard InChI is InChI=1S/C12H15N3/c1-15(9-10-4-2-5-10)12-7-3-6-11(8-13)14-12/h3,6-7,10H,2,4-5,9H2,1H3. The molecule has 0 atom stereocenters. The van der Waals surface area contributed by atoms with Crippen LogP contribution in [0, 0.1) is 17.2 Å². The Hall–Kier alpha value is -1.56. The van der Waals surface area contributed by atoms with E-state index in [-0.39, 0.29) is 0 Å². The maximum Gasteiger partial charge on any atom is 0.142 e. The summed E-state index contributed by atoms with van der Waals surface area (Å²) in [5.74, 6) is 1.73. The third-order valence-electron chi connectivity index (χ3n) is 3.00. The van der Waals surface area contributed by atoms with Crippen LogP contribution < -0.4 is 4.90 Å². The predicted octanol–water partition coefficient (Wildman–Crippen LogP) is 2.19. The Labute approximate surface area is 90.4 Å². The quantitative estimate of drug-likeness (QED) is 0.752. The molecule has 1 aliphatic carbocycles. The highest BCUT2D eigenvalue weighted by atomic mass is 15.2. The van der Waals surface area contributed by atoms with E-state index in [0.717, 1.165) is 18.3 Å². The number of hydrogen-bond donors (Lipinski definition) is 0. The van der Waals surface area contributed by atoms with Gasteiger partial charge in [0.1, 0.15) is 17.6 Å². The van der Waals surface area contributed by atoms with E-state index in [9.17, 15) is 0 Å². The van der Waals surface area contributed by atoms with Crippen molar-refractivity contribution in [2.45, 2.75) is 19.3 Å². The molecule has 2 rings (SSSR count). The minimum absolute atomic E-state index is 0.493. The Morgan fingerprint density at radius 2 is 2.33 bits per heavy atom. The fraction of sp³-hybridized carbons (Fsp3) is 0.500. The van der Waals surface area contributed by atoms with E-state index in [1.165, 1.54) is 19.3 Å². The zero-order valence-electron chi connectivity index (χ0n) is 8.98. The summed E-state index contributed by atoms with van der Waals surface area (Å²) in [6.07, 6.45) is 4.04. The molecule has 0 radical (unpaired) electrons. The molecule has 3 nitrogen and oxygen atoms in total. The summed E-state index contributed by atoms with van der Waals surface area (Å²) in [6.45, 7) is 1.06. The lowest BCUT2D eigenvalue weighted by Gasteiger charge is -2.30. The number of aromatic nitrogens is 1. The SMILES string of the molecule is CN(CC1CCC1)c1cccc(C#N)n1. The van der Waals surface area contributed by atoms with E-state index in [1.807, 2.05) is 19.2 Å². The van der Waals surface area contributed by atoms with Crippen molar-refractivity contribution in [2.75, 3.05) is 18.5 Å². The van der Waals surface area contributed by atoms with Crippen LogP contribution in [-0.2, 0) is 0 Å². The number of anilines is 1. The summed E-state index contributed by atoms with van der Waals surface area (Å²) in [6, 6.07) is 7.65. The van der Waals surface area contributed by atoms with Crippen LogP contribution in [0.1, 0.15) is 25.0 Å². The molecule has 0 N–H and O–H groups in total. The Kier molecular flexibility index (Phi) is 2.86. The van der Waals surface area contributed by atoms with Gasteiger partial charge < -0.3 is 4.90 Å². The van der Waals surface area contributed by atoms with Crippen molar-refractivity contribution in [1.29, 1.82) is 5.26 Å². The Balaban J connectivity index is 2.03. The summed E-state index contributed by atoms with van der Waals surface area (Å²) in [5.41, 5.74) is 0.493. The molecular weight excluding hydrogens is 186 g/mol. The molecule has 1 aromatic heterocycles. The van der Waals surface area contributed by atoms with Crippen LogP contribution in [0.2, 0.25) is 0 Å². The van der Waals surface area contributed by atoms with E-state index in [2.05, 4.69) is 16.0 Å². The second-order valence-corrected chi connectivity index (χ2v) is 4.17. The summed E-state index contributed by atoms with van der Waals surface area (Å²) in [7, 11) is 2.04. The van der Waals surface area contributed by atoms with Gasteiger partial charge in [0.05, 0.1) is 0 Å². The lowest BCUT2D eigenvalue weighted by atomic mass is 9.85. The van der Waals surface area contributed by atoms with E-state index in [0.29, 0.717) is 5.69 Å². The molecule has 0 unspecified atom stereocenters. The van der Waals surface area contributed by atoms with Crippen LogP contribution >= 0.6 is 0 Å². The predicted molar refractivity (Wildman–Crippen MR) is 59.6 cm³/mol. The van der Waals surface area contributed by atoms with Crippen molar-refractivity contribution >= 4 is 5.82 Å². The molecule has 0 bridgehead atoms. The van der Waals surface area contributed by atoms with Crippen LogP contribution in [0.4, 0.5) is 5.82 Å². The first kappa shape index (κ1) is 9.97. The van der Waals surface area contributed by atoms with Crippen molar-refractivity contribution in [2.24, 2.45) is 5.92 Å². The van der Waals surface area contributed by atoms with Gasteiger partial charge in [0.15, 0.2) is 0 Å². The van der Waals surface area contributed by atoms with Crippen LogP contribution in [-0.4, -0.2) is 18.6 Å². The molecule has 0 aliphatic heterocycles. The minimum atomic E-state index is 0.493. The molecule has 1 fully saturated rings. The second kappa shape index (κ2) is 4.31. The third kappa shape index (κ3) is 2.27. The van der Waals surface area contributed by atoms with Crippen molar-refractivity contribution in [3.63, 3.8) is 0 Å². The summed E-state index contributed by atoms with van der Waals surface area (Å²) in [5, 5.41) is 8.75. The molecule has 1 aliphatic rings. The van der Waals surface area contributed by atoms with Crippen LogP contribution in [0.25, 0.3) is 0 Å². The second-order valence-electron chi connectivity index (χ2n) is 4.17. The van der Waals surface area contributed by atoms with E-state index >= 15 is 0 Å². The van der Waals surface area contributed by atoms with Gasteiger partial charge in [-0.25, -0.2) is 4.98 Å². The van der Waals surface area contributed by atoms with Gasteiger partial charge in [-0.05, 0) is 30.9 Å². The van der Waals surface area contributed by atoms with Gasteiger partial charge in [-0.3, -0.25) is 0 Å². The molecule has 0 saturated heterocycles. The number of pyridine rings is 1. The van der Waals surface area contributed by atoms with E-state index < -0.39 is 0 Å². The third-order valence-corrected chi connectivity index (χ3v) is 3.00. The summed E-state index contributed by atoms with van der Waals surface area (Å²) in [4.78, 5) is 6.41. The van der Waals surface area contributed by atoms with E-state index in [4.69, 9.17) is 5.26 Å². The Bertz CT molecular complexity index is 377. The fourth-order valence-corrected chi connectivity index (χ4v) is 1.85. The first-order valence-electron chi connectivity index (χ1n) is 5.38. The molecule has 15 heavy (non-hydrogen) atoms. The van der Waals surface area contributed by atoms with Gasteiger partial charge in [-0.2, -0.15) is 5.26 Å². The monoisotopic (exact) mass is 201 g/mol. The highest BCUT2D eigenvalue weighted by Crippen LogP contribution is 2.27. The van der Waals surface area contributed by atoms with Crippen LogP contribution in [0.3, 0.4) is 0 Å². The first-order chi connectivity index (χ1) is 7.29. The van der Waals surface area contributed by atoms with Crippen LogP contribution in [0.5, 0.6) is 0 Å². The zero-order chi connectivity index (χ0) is 10.7. The lowest BCUT2D eigenvalue weighted by Crippen LogP contribution is -2.29. The first-order valence-corrected chi connectivity index (χ1v) is 5.38. The smallest absolute Gasteiger partial charge is 0.142 e. The Morgan fingerprint density at radius 3 is 2.93 bits per heavy atom. The summed E-state index contributed by atoms with van der Waals surface area (Å²) >= 11 is 0. The van der Waals surface area contributed by atoms with Gasteiger partial charge in [0, 0.05) is 13.6 Å².